The van der Waals surface area contributed by atoms with Gasteiger partial charge in [-0.05, 0) is 49.7 Å². The lowest BCUT2D eigenvalue weighted by atomic mass is 10.0. The molecule has 39 heavy (non-hydrogen) atoms. The van der Waals surface area contributed by atoms with Crippen LogP contribution in [-0.4, -0.2) is 64.2 Å². The summed E-state index contributed by atoms with van der Waals surface area (Å²) in [5.74, 6) is -0.0855. The van der Waals surface area contributed by atoms with Gasteiger partial charge in [-0.25, -0.2) is 14.4 Å². The van der Waals surface area contributed by atoms with Crippen molar-refractivity contribution in [1.82, 2.24) is 14.9 Å². The maximum absolute atomic E-state index is 15.2. The number of amides is 1. The Kier molecular flexibility index (Phi) is 7.45. The number of nitrogens with one attached hydrogen (secondary N) is 2. The molecule has 0 bridgehead atoms. The zero-order valence-corrected chi connectivity index (χ0v) is 22.4. The zero-order valence-electron chi connectivity index (χ0n) is 22.4. The van der Waals surface area contributed by atoms with E-state index in [0.29, 0.717) is 42.6 Å². The molecule has 0 spiro atoms. The first-order valence-electron chi connectivity index (χ1n) is 13.0. The number of para-hydroxylation sites is 1. The smallest absolute Gasteiger partial charge is 0.227 e. The molecule has 5 rings (SSSR count). The largest absolute Gasteiger partial charge is 0.389 e. The number of carbonyl (C=O) groups excluding carboxylic acids is 1. The molecule has 4 aromatic rings. The van der Waals surface area contributed by atoms with Crippen molar-refractivity contribution in [3.63, 3.8) is 0 Å². The second kappa shape index (κ2) is 11.0. The van der Waals surface area contributed by atoms with Crippen molar-refractivity contribution < 1.29 is 14.3 Å². The van der Waals surface area contributed by atoms with Crippen LogP contribution < -0.4 is 15.5 Å². The highest BCUT2D eigenvalue weighted by Gasteiger charge is 2.24. The lowest BCUT2D eigenvalue weighted by molar-refractivity contribution is -0.114. The van der Waals surface area contributed by atoms with Crippen molar-refractivity contribution in [3.05, 3.63) is 72.7 Å². The molecule has 1 aromatic heterocycles. The molecule has 1 aliphatic heterocycles. The zero-order chi connectivity index (χ0) is 27.6. The molecule has 0 unspecified atom stereocenters. The number of fused-ring (bicyclic) bond motifs is 1. The molecule has 0 atom stereocenters. The van der Waals surface area contributed by atoms with Crippen molar-refractivity contribution in [3.8, 4) is 11.1 Å². The van der Waals surface area contributed by atoms with Gasteiger partial charge in [0.05, 0.1) is 16.8 Å². The van der Waals surface area contributed by atoms with E-state index in [0.717, 1.165) is 35.1 Å². The van der Waals surface area contributed by atoms with Gasteiger partial charge in [0.2, 0.25) is 11.9 Å². The van der Waals surface area contributed by atoms with Crippen LogP contribution in [0.25, 0.3) is 22.0 Å². The van der Waals surface area contributed by atoms with E-state index in [-0.39, 0.29) is 11.7 Å². The first-order chi connectivity index (χ1) is 18.6. The fourth-order valence-corrected chi connectivity index (χ4v) is 4.98. The average molecular weight is 529 g/mol. The molecular weight excluding hydrogens is 495 g/mol. The van der Waals surface area contributed by atoms with Gasteiger partial charge in [0, 0.05) is 68.2 Å². The minimum Gasteiger partial charge on any atom is -0.389 e. The number of anilines is 4. The number of hydrogen-bond acceptors (Lipinski definition) is 7. The molecule has 202 valence electrons. The lowest BCUT2D eigenvalue weighted by Gasteiger charge is -2.38. The SMILES string of the molecule is CC(=O)Nc1cccc(-c2cccc3cnc(Nc4ccc(N5CCN(CC(C)(C)O)CC5)c(F)c4)nc23)c1. The summed E-state index contributed by atoms with van der Waals surface area (Å²) >= 11 is 0. The Bertz CT molecular complexity index is 1490. The van der Waals surface area contributed by atoms with Crippen LogP contribution in [0.1, 0.15) is 20.8 Å². The number of halogens is 1. The highest BCUT2D eigenvalue weighted by atomic mass is 19.1. The predicted molar refractivity (Wildman–Crippen MR) is 154 cm³/mol. The van der Waals surface area contributed by atoms with Crippen LogP contribution in [0.4, 0.5) is 27.4 Å². The Morgan fingerprint density at radius 3 is 2.51 bits per heavy atom. The molecule has 1 aliphatic rings. The Balaban J connectivity index is 1.34. The molecule has 3 N–H and O–H groups in total. The molecular formula is C30H33FN6O2. The number of benzene rings is 3. The first kappa shape index (κ1) is 26.5. The molecule has 1 amide bonds. The van der Waals surface area contributed by atoms with E-state index in [1.807, 2.05) is 53.4 Å². The van der Waals surface area contributed by atoms with Gasteiger partial charge >= 0.3 is 0 Å². The number of carbonyl (C=O) groups is 1. The number of hydrogen-bond donors (Lipinski definition) is 3. The average Bonchev–Trinajstić information content (AvgIpc) is 2.88. The molecule has 0 saturated carbocycles. The fraction of sp³-hybridized carbons (Fsp3) is 0.300. The summed E-state index contributed by atoms with van der Waals surface area (Å²) in [6.07, 6.45) is 1.74. The van der Waals surface area contributed by atoms with Gasteiger partial charge in [-0.15, -0.1) is 0 Å². The summed E-state index contributed by atoms with van der Waals surface area (Å²) in [7, 11) is 0. The van der Waals surface area contributed by atoms with Crippen molar-refractivity contribution in [2.45, 2.75) is 26.4 Å². The minimum atomic E-state index is -0.747. The van der Waals surface area contributed by atoms with Crippen molar-refractivity contribution in [2.75, 3.05) is 48.3 Å². The van der Waals surface area contributed by atoms with Gasteiger partial charge in [-0.1, -0.05) is 30.3 Å². The van der Waals surface area contributed by atoms with Crippen LogP contribution in [0.3, 0.4) is 0 Å². The van der Waals surface area contributed by atoms with E-state index in [1.165, 1.54) is 13.0 Å². The van der Waals surface area contributed by atoms with Gasteiger partial charge in [0.25, 0.3) is 0 Å². The summed E-state index contributed by atoms with van der Waals surface area (Å²) in [5, 5.41) is 16.9. The van der Waals surface area contributed by atoms with Gasteiger partial charge in [-0.3, -0.25) is 9.69 Å². The van der Waals surface area contributed by atoms with Crippen LogP contribution in [0.2, 0.25) is 0 Å². The van der Waals surface area contributed by atoms with E-state index in [4.69, 9.17) is 4.98 Å². The summed E-state index contributed by atoms with van der Waals surface area (Å²) in [6, 6.07) is 18.5. The number of aromatic nitrogens is 2. The minimum absolute atomic E-state index is 0.134. The summed E-state index contributed by atoms with van der Waals surface area (Å²) in [6.45, 7) is 8.60. The second-order valence-corrected chi connectivity index (χ2v) is 10.6. The second-order valence-electron chi connectivity index (χ2n) is 10.6. The molecule has 0 radical (unpaired) electrons. The Hall–Kier alpha value is -4.08. The predicted octanol–water partition coefficient (Wildman–Crippen LogP) is 5.03. The van der Waals surface area contributed by atoms with Crippen LogP contribution in [0, 0.1) is 5.82 Å². The Labute approximate surface area is 227 Å². The standard InChI is InChI=1S/C30H33FN6O2/c1-20(38)33-23-8-4-6-21(16-23)25-9-5-7-22-18-32-29(35-28(22)25)34-24-10-11-27(26(31)17-24)37-14-12-36(13-15-37)19-30(2,3)39/h4-11,16-18,39H,12-15,19H2,1-3H3,(H,33,38)(H,32,34,35). The third-order valence-electron chi connectivity index (χ3n) is 6.63. The van der Waals surface area contributed by atoms with Crippen LogP contribution >= 0.6 is 0 Å². The third-order valence-corrected chi connectivity index (χ3v) is 6.63. The maximum Gasteiger partial charge on any atom is 0.227 e. The molecule has 2 heterocycles. The third kappa shape index (κ3) is 6.50. The highest BCUT2D eigenvalue weighted by molar-refractivity contribution is 5.95. The number of aliphatic hydroxyl groups is 1. The summed E-state index contributed by atoms with van der Waals surface area (Å²) < 4.78 is 15.2. The van der Waals surface area contributed by atoms with E-state index >= 15 is 4.39 Å². The summed E-state index contributed by atoms with van der Waals surface area (Å²) in [5.41, 5.74) is 3.63. The van der Waals surface area contributed by atoms with E-state index in [1.54, 1.807) is 26.1 Å². The van der Waals surface area contributed by atoms with Crippen molar-refractivity contribution in [2.24, 2.45) is 0 Å². The van der Waals surface area contributed by atoms with E-state index in [2.05, 4.69) is 20.5 Å². The van der Waals surface area contributed by atoms with Crippen molar-refractivity contribution >= 4 is 39.8 Å². The number of piperazine rings is 1. The maximum atomic E-state index is 15.2. The van der Waals surface area contributed by atoms with Gasteiger partial charge < -0.3 is 20.6 Å². The molecule has 8 nitrogen and oxygen atoms in total. The molecule has 9 heteroatoms. The number of nitrogens with zero attached hydrogens (tertiary/aromatic N) is 4. The normalized spacial score (nSPS) is 14.4. The Morgan fingerprint density at radius 1 is 1.03 bits per heavy atom. The topological polar surface area (TPSA) is 93.6 Å². The first-order valence-corrected chi connectivity index (χ1v) is 13.0. The van der Waals surface area contributed by atoms with Crippen molar-refractivity contribution in [1.29, 1.82) is 0 Å². The van der Waals surface area contributed by atoms with Gasteiger partial charge in [0.15, 0.2) is 0 Å². The number of β-amino-alcohol motifs (C(OH)–C–C–N with tert-alkyl or cyclic N) is 1. The van der Waals surface area contributed by atoms with E-state index < -0.39 is 5.60 Å². The van der Waals surface area contributed by atoms with E-state index in [9.17, 15) is 9.90 Å². The molecule has 1 fully saturated rings. The van der Waals surface area contributed by atoms with Gasteiger partial charge in [-0.2, -0.15) is 0 Å². The molecule has 1 saturated heterocycles. The highest BCUT2D eigenvalue weighted by Crippen LogP contribution is 2.30. The lowest BCUT2D eigenvalue weighted by Crippen LogP contribution is -2.50. The fourth-order valence-electron chi connectivity index (χ4n) is 4.98. The molecule has 3 aromatic carbocycles. The monoisotopic (exact) mass is 528 g/mol. The van der Waals surface area contributed by atoms with Crippen LogP contribution in [-0.2, 0) is 4.79 Å². The summed E-state index contributed by atoms with van der Waals surface area (Å²) in [4.78, 5) is 24.9. The number of rotatable bonds is 7. The quantitative estimate of drug-likeness (QED) is 0.310. The Morgan fingerprint density at radius 2 is 1.79 bits per heavy atom. The van der Waals surface area contributed by atoms with Crippen LogP contribution in [0.15, 0.2) is 66.9 Å². The van der Waals surface area contributed by atoms with Gasteiger partial charge in [0.1, 0.15) is 5.82 Å². The molecule has 0 aliphatic carbocycles. The van der Waals surface area contributed by atoms with Crippen LogP contribution in [0.5, 0.6) is 0 Å².